The largest absolute Gasteiger partial charge is 0.481 e. The molecule has 1 N–H and O–H groups in total. The van der Waals surface area contributed by atoms with Crippen molar-refractivity contribution in [3.8, 4) is 0 Å². The first-order valence-electron chi connectivity index (χ1n) is 8.98. The van der Waals surface area contributed by atoms with Crippen molar-refractivity contribution in [2.24, 2.45) is 0 Å². The van der Waals surface area contributed by atoms with E-state index in [1.165, 1.54) is 11.3 Å². The molecule has 0 saturated heterocycles. The second-order valence-electron chi connectivity index (χ2n) is 5.90. The maximum Gasteiger partial charge on any atom is 0.303 e. The number of hydrogen-bond donors (Lipinski definition) is 1. The van der Waals surface area contributed by atoms with Crippen LogP contribution in [0.15, 0.2) is 23.8 Å². The predicted octanol–water partition coefficient (Wildman–Crippen LogP) is 5.45. The van der Waals surface area contributed by atoms with Gasteiger partial charge in [-0.2, -0.15) is 0 Å². The zero-order chi connectivity index (χ0) is 18.6. The van der Waals surface area contributed by atoms with E-state index in [2.05, 4.69) is 44.9 Å². The molecule has 1 aliphatic rings. The molecule has 23 heavy (non-hydrogen) atoms. The molecular formula is C20H38NO2+. The number of carboxylic acid groups (broad SMARTS) is 1. The Balaban J connectivity index is 0. The summed E-state index contributed by atoms with van der Waals surface area (Å²) in [4.78, 5) is 10.5. The Hall–Kier alpha value is -1.38. The quantitative estimate of drug-likeness (QED) is 0.521. The molecule has 0 bridgehead atoms. The first kappa shape index (κ1) is 23.9. The van der Waals surface area contributed by atoms with Crippen molar-refractivity contribution in [3.05, 3.63) is 23.8 Å². The number of carbonyl (C=O) groups is 1. The minimum Gasteiger partial charge on any atom is -0.481 e. The standard InChI is InChI=1S/C16H25NO2.2C2H6/c1-12-11-16(4,5)17(14(3)13(12)2)10-8-6-7-9-15(18)19;2*1-2/h11H,2,6-10H2,1,3-5H3;2*1-2H3/p+1. The van der Waals surface area contributed by atoms with Gasteiger partial charge in [-0.1, -0.05) is 34.3 Å². The molecule has 0 amide bonds. The lowest BCUT2D eigenvalue weighted by molar-refractivity contribution is -0.589. The van der Waals surface area contributed by atoms with E-state index in [-0.39, 0.29) is 12.0 Å². The SMILES string of the molecule is C=C1C(C)=CC(C)(C)[N+](CCCCCC(=O)O)=C1C.CC.CC. The lowest BCUT2D eigenvalue weighted by Crippen LogP contribution is -2.42. The molecule has 0 radical (unpaired) electrons. The predicted molar refractivity (Wildman–Crippen MR) is 102 cm³/mol. The third-order valence-corrected chi connectivity index (χ3v) is 3.86. The van der Waals surface area contributed by atoms with E-state index >= 15 is 0 Å². The fourth-order valence-corrected chi connectivity index (χ4v) is 2.75. The smallest absolute Gasteiger partial charge is 0.303 e. The molecule has 0 aliphatic carbocycles. The maximum absolute atomic E-state index is 10.5. The van der Waals surface area contributed by atoms with E-state index in [1.54, 1.807) is 0 Å². The fraction of sp³-hybridized carbons (Fsp3) is 0.700. The lowest BCUT2D eigenvalue weighted by Gasteiger charge is -2.27. The minimum absolute atomic E-state index is 0.0160. The number of unbranched alkanes of at least 4 members (excludes halogenated alkanes) is 2. The lowest BCUT2D eigenvalue weighted by atomic mass is 9.90. The van der Waals surface area contributed by atoms with Crippen LogP contribution >= 0.6 is 0 Å². The van der Waals surface area contributed by atoms with Crippen LogP contribution in [0.2, 0.25) is 0 Å². The van der Waals surface area contributed by atoms with Gasteiger partial charge < -0.3 is 5.11 Å². The van der Waals surface area contributed by atoms with Crippen LogP contribution in [0.1, 0.15) is 81.1 Å². The summed E-state index contributed by atoms with van der Waals surface area (Å²) in [6.45, 7) is 21.8. The monoisotopic (exact) mass is 324 g/mol. The molecule has 0 aromatic heterocycles. The number of rotatable bonds is 6. The number of carboxylic acids is 1. The molecular weight excluding hydrogens is 286 g/mol. The summed E-state index contributed by atoms with van der Waals surface area (Å²) in [6.07, 6.45) is 5.28. The molecule has 0 fully saturated rings. The Bertz CT molecular complexity index is 443. The van der Waals surface area contributed by atoms with Crippen LogP contribution in [0.25, 0.3) is 0 Å². The summed E-state index contributed by atoms with van der Waals surface area (Å²) in [7, 11) is 0. The van der Waals surface area contributed by atoms with E-state index in [9.17, 15) is 4.79 Å². The van der Waals surface area contributed by atoms with Gasteiger partial charge in [-0.3, -0.25) is 4.79 Å². The van der Waals surface area contributed by atoms with Gasteiger partial charge in [0.2, 0.25) is 0 Å². The minimum atomic E-state index is -0.701. The Morgan fingerprint density at radius 2 is 1.65 bits per heavy atom. The van der Waals surface area contributed by atoms with Crippen LogP contribution < -0.4 is 0 Å². The van der Waals surface area contributed by atoms with Crippen molar-refractivity contribution in [1.29, 1.82) is 0 Å². The van der Waals surface area contributed by atoms with Gasteiger partial charge in [0.1, 0.15) is 6.54 Å². The topological polar surface area (TPSA) is 40.3 Å². The van der Waals surface area contributed by atoms with Crippen molar-refractivity contribution >= 4 is 11.7 Å². The molecule has 1 aliphatic heterocycles. The van der Waals surface area contributed by atoms with Crippen molar-refractivity contribution in [3.63, 3.8) is 0 Å². The second kappa shape index (κ2) is 12.1. The van der Waals surface area contributed by atoms with E-state index < -0.39 is 5.97 Å². The van der Waals surface area contributed by atoms with E-state index in [0.717, 1.165) is 31.4 Å². The highest BCUT2D eigenvalue weighted by Crippen LogP contribution is 2.25. The molecule has 1 rings (SSSR count). The van der Waals surface area contributed by atoms with Crippen LogP contribution in [-0.4, -0.2) is 33.4 Å². The highest BCUT2D eigenvalue weighted by atomic mass is 16.4. The summed E-state index contributed by atoms with van der Waals surface area (Å²) in [6, 6.07) is 0. The van der Waals surface area contributed by atoms with Crippen molar-refractivity contribution in [2.45, 2.75) is 86.6 Å². The summed E-state index contributed by atoms with van der Waals surface area (Å²) >= 11 is 0. The Kier molecular flexibility index (Phi) is 12.6. The molecule has 3 nitrogen and oxygen atoms in total. The van der Waals surface area contributed by atoms with Crippen LogP contribution in [0.4, 0.5) is 0 Å². The van der Waals surface area contributed by atoms with Crippen molar-refractivity contribution in [2.75, 3.05) is 6.54 Å². The fourth-order valence-electron chi connectivity index (χ4n) is 2.75. The first-order valence-corrected chi connectivity index (χ1v) is 8.98. The van der Waals surface area contributed by atoms with Gasteiger partial charge in [0.15, 0.2) is 11.3 Å². The summed E-state index contributed by atoms with van der Waals surface area (Å²) in [5.41, 5.74) is 3.63. The van der Waals surface area contributed by atoms with Gasteiger partial charge >= 0.3 is 5.97 Å². The van der Waals surface area contributed by atoms with E-state index in [0.29, 0.717) is 0 Å². The molecule has 0 atom stereocenters. The summed E-state index contributed by atoms with van der Waals surface area (Å²) < 4.78 is 2.38. The third-order valence-electron chi connectivity index (χ3n) is 3.86. The molecule has 0 aromatic carbocycles. The van der Waals surface area contributed by atoms with E-state index in [4.69, 9.17) is 5.11 Å². The maximum atomic E-state index is 10.5. The van der Waals surface area contributed by atoms with Crippen LogP contribution in [0.5, 0.6) is 0 Å². The van der Waals surface area contributed by atoms with Gasteiger partial charge in [0, 0.05) is 39.2 Å². The average molecular weight is 325 g/mol. The Morgan fingerprint density at radius 1 is 1.13 bits per heavy atom. The van der Waals surface area contributed by atoms with Gasteiger partial charge in [-0.05, 0) is 31.4 Å². The highest BCUT2D eigenvalue weighted by molar-refractivity contribution is 5.98. The zero-order valence-electron chi connectivity index (χ0n) is 16.6. The molecule has 3 heteroatoms. The average Bonchev–Trinajstić information content (AvgIpc) is 2.51. The van der Waals surface area contributed by atoms with Crippen molar-refractivity contribution < 1.29 is 14.5 Å². The van der Waals surface area contributed by atoms with Gasteiger partial charge in [0.25, 0.3) is 0 Å². The van der Waals surface area contributed by atoms with Crippen LogP contribution in [0, 0.1) is 0 Å². The molecule has 0 saturated carbocycles. The molecule has 1 heterocycles. The van der Waals surface area contributed by atoms with E-state index in [1.807, 2.05) is 27.7 Å². The van der Waals surface area contributed by atoms with Gasteiger partial charge in [-0.25, -0.2) is 4.58 Å². The van der Waals surface area contributed by atoms with Crippen LogP contribution in [0.3, 0.4) is 0 Å². The molecule has 0 aromatic rings. The molecule has 0 unspecified atom stereocenters. The normalized spacial score (nSPS) is 15.8. The third kappa shape index (κ3) is 8.15. The Labute approximate surface area is 143 Å². The van der Waals surface area contributed by atoms with Gasteiger partial charge in [-0.15, -0.1) is 0 Å². The number of allylic oxidation sites excluding steroid dienone is 2. The molecule has 134 valence electrons. The highest BCUT2D eigenvalue weighted by Gasteiger charge is 2.34. The zero-order valence-corrected chi connectivity index (χ0v) is 16.6. The number of hydrogen-bond acceptors (Lipinski definition) is 1. The first-order chi connectivity index (χ1) is 10.8. The number of nitrogens with zero attached hydrogens (tertiary/aromatic N) is 1. The number of aliphatic carboxylic acids is 1. The second-order valence-corrected chi connectivity index (χ2v) is 5.90. The van der Waals surface area contributed by atoms with Crippen LogP contribution in [-0.2, 0) is 4.79 Å². The van der Waals surface area contributed by atoms with Crippen molar-refractivity contribution in [1.82, 2.24) is 0 Å². The Morgan fingerprint density at radius 3 is 2.13 bits per heavy atom. The molecule has 0 spiro atoms. The summed E-state index contributed by atoms with van der Waals surface area (Å²) in [5.74, 6) is -0.701. The summed E-state index contributed by atoms with van der Waals surface area (Å²) in [5, 5.41) is 8.62. The van der Waals surface area contributed by atoms with Gasteiger partial charge in [0.05, 0.1) is 0 Å².